The molecule has 0 aliphatic carbocycles. The maximum atomic E-state index is 6.14. The van der Waals surface area contributed by atoms with Gasteiger partial charge in [0.1, 0.15) is 0 Å². The topological polar surface area (TPSA) is 26.0 Å². The molecular weight excluding hydrogens is 250 g/mol. The van der Waals surface area contributed by atoms with E-state index in [4.69, 9.17) is 17.3 Å². The molecule has 2 N–H and O–H groups in total. The average molecular weight is 266 g/mol. The normalized spacial score (nSPS) is 12.6. The molecule has 90 valence electrons. The molecule has 1 heterocycles. The molecule has 3 heteroatoms. The molecule has 0 radical (unpaired) electrons. The first-order chi connectivity index (χ1) is 8.25. The van der Waals surface area contributed by atoms with Crippen molar-refractivity contribution in [3.8, 4) is 0 Å². The van der Waals surface area contributed by atoms with Crippen LogP contribution in [0.5, 0.6) is 0 Å². The van der Waals surface area contributed by atoms with Crippen molar-refractivity contribution in [2.24, 2.45) is 5.73 Å². The fourth-order valence-electron chi connectivity index (χ4n) is 1.83. The van der Waals surface area contributed by atoms with Crippen molar-refractivity contribution in [2.75, 3.05) is 0 Å². The summed E-state index contributed by atoms with van der Waals surface area (Å²) in [6, 6.07) is 12.2. The zero-order valence-electron chi connectivity index (χ0n) is 9.60. The van der Waals surface area contributed by atoms with Crippen LogP contribution in [0.4, 0.5) is 0 Å². The summed E-state index contributed by atoms with van der Waals surface area (Å²) in [5.74, 6) is 0. The van der Waals surface area contributed by atoms with Crippen molar-refractivity contribution in [3.63, 3.8) is 0 Å². The van der Waals surface area contributed by atoms with Crippen molar-refractivity contribution in [1.82, 2.24) is 0 Å². The van der Waals surface area contributed by atoms with Gasteiger partial charge < -0.3 is 5.73 Å². The van der Waals surface area contributed by atoms with E-state index in [0.29, 0.717) is 0 Å². The van der Waals surface area contributed by atoms with Gasteiger partial charge in [-0.1, -0.05) is 29.8 Å². The second-order valence-electron chi connectivity index (χ2n) is 4.13. The zero-order valence-corrected chi connectivity index (χ0v) is 11.2. The highest BCUT2D eigenvalue weighted by Crippen LogP contribution is 2.20. The van der Waals surface area contributed by atoms with Gasteiger partial charge in [0.15, 0.2) is 0 Å². The molecule has 0 spiro atoms. The van der Waals surface area contributed by atoms with E-state index in [0.717, 1.165) is 24.3 Å². The minimum atomic E-state index is 0.118. The summed E-state index contributed by atoms with van der Waals surface area (Å²) >= 11 is 7.66. The largest absolute Gasteiger partial charge is 0.324 e. The Labute approximate surface area is 111 Å². The van der Waals surface area contributed by atoms with Gasteiger partial charge >= 0.3 is 0 Å². The van der Waals surface area contributed by atoms with E-state index in [1.165, 1.54) is 10.4 Å². The molecule has 0 saturated heterocycles. The zero-order chi connectivity index (χ0) is 12.1. The molecule has 2 rings (SSSR count). The highest BCUT2D eigenvalue weighted by Gasteiger charge is 2.05. The lowest BCUT2D eigenvalue weighted by molar-refractivity contribution is 0.614. The van der Waals surface area contributed by atoms with Gasteiger partial charge in [-0.15, -0.1) is 11.3 Å². The number of nitrogens with two attached hydrogens (primary N) is 1. The third-order valence-electron chi connectivity index (χ3n) is 2.82. The van der Waals surface area contributed by atoms with Crippen molar-refractivity contribution in [1.29, 1.82) is 0 Å². The molecule has 0 amide bonds. The molecule has 0 fully saturated rings. The molecule has 0 aliphatic heterocycles. The smallest absolute Gasteiger partial charge is 0.0406 e. The van der Waals surface area contributed by atoms with Crippen molar-refractivity contribution in [2.45, 2.75) is 25.3 Å². The monoisotopic (exact) mass is 265 g/mol. The summed E-state index contributed by atoms with van der Waals surface area (Å²) < 4.78 is 0. The highest BCUT2D eigenvalue weighted by atomic mass is 35.5. The number of halogens is 1. The predicted octanol–water partition coefficient (Wildman–Crippen LogP) is 4.42. The van der Waals surface area contributed by atoms with Gasteiger partial charge in [-0.3, -0.25) is 0 Å². The van der Waals surface area contributed by atoms with E-state index < -0.39 is 0 Å². The van der Waals surface area contributed by atoms with E-state index in [1.807, 2.05) is 35.6 Å². The molecule has 0 aliphatic rings. The SMILES string of the molecule is NC(CCCc1cccs1)c1ccc(Cl)cc1. The molecule has 1 aromatic carbocycles. The summed E-state index contributed by atoms with van der Waals surface area (Å²) in [7, 11) is 0. The van der Waals surface area contributed by atoms with E-state index >= 15 is 0 Å². The Kier molecular flexibility index (Phi) is 4.60. The van der Waals surface area contributed by atoms with Crippen molar-refractivity contribution in [3.05, 3.63) is 57.2 Å². The Hall–Kier alpha value is -0.830. The van der Waals surface area contributed by atoms with Crippen LogP contribution in [0.2, 0.25) is 5.02 Å². The van der Waals surface area contributed by atoms with E-state index in [2.05, 4.69) is 17.5 Å². The summed E-state index contributed by atoms with van der Waals surface area (Å²) in [4.78, 5) is 1.44. The molecule has 1 nitrogen and oxygen atoms in total. The Balaban J connectivity index is 1.81. The third kappa shape index (κ3) is 3.84. The maximum Gasteiger partial charge on any atom is 0.0406 e. The van der Waals surface area contributed by atoms with Gasteiger partial charge in [0, 0.05) is 15.9 Å². The first kappa shape index (κ1) is 12.6. The first-order valence-electron chi connectivity index (χ1n) is 5.79. The lowest BCUT2D eigenvalue weighted by Gasteiger charge is -2.11. The highest BCUT2D eigenvalue weighted by molar-refractivity contribution is 7.09. The van der Waals surface area contributed by atoms with Crippen LogP contribution in [0, 0.1) is 0 Å². The molecular formula is C14H16ClNS. The second-order valence-corrected chi connectivity index (χ2v) is 5.60. The fraction of sp³-hybridized carbons (Fsp3) is 0.286. The van der Waals surface area contributed by atoms with Crippen LogP contribution >= 0.6 is 22.9 Å². The van der Waals surface area contributed by atoms with E-state index in [1.54, 1.807) is 0 Å². The first-order valence-corrected chi connectivity index (χ1v) is 7.05. The summed E-state index contributed by atoms with van der Waals surface area (Å²) in [6.07, 6.45) is 3.27. The van der Waals surface area contributed by atoms with Crippen LogP contribution in [0.15, 0.2) is 41.8 Å². The molecule has 0 bridgehead atoms. The van der Waals surface area contributed by atoms with Crippen LogP contribution in [0.3, 0.4) is 0 Å². The van der Waals surface area contributed by atoms with E-state index in [9.17, 15) is 0 Å². The molecule has 1 aromatic heterocycles. The van der Waals surface area contributed by atoms with Crippen molar-refractivity contribution < 1.29 is 0 Å². The molecule has 2 aromatic rings. The number of rotatable bonds is 5. The summed E-state index contributed by atoms with van der Waals surface area (Å²) in [5, 5.41) is 2.88. The minimum absolute atomic E-state index is 0.118. The number of hydrogen-bond acceptors (Lipinski definition) is 2. The lowest BCUT2D eigenvalue weighted by atomic mass is 10.0. The Morgan fingerprint density at radius 3 is 2.59 bits per heavy atom. The Morgan fingerprint density at radius 1 is 1.18 bits per heavy atom. The standard InChI is InChI=1S/C14H16ClNS/c15-12-8-6-11(7-9-12)14(16)5-1-3-13-4-2-10-17-13/h2,4,6-10,14H,1,3,5,16H2. The third-order valence-corrected chi connectivity index (χ3v) is 4.00. The van der Waals surface area contributed by atoms with Crippen LogP contribution in [0.25, 0.3) is 0 Å². The lowest BCUT2D eigenvalue weighted by Crippen LogP contribution is -2.10. The predicted molar refractivity (Wildman–Crippen MR) is 75.6 cm³/mol. The van der Waals surface area contributed by atoms with Crippen LogP contribution < -0.4 is 5.73 Å². The van der Waals surface area contributed by atoms with Gasteiger partial charge in [0.25, 0.3) is 0 Å². The van der Waals surface area contributed by atoms with Gasteiger partial charge in [-0.25, -0.2) is 0 Å². The van der Waals surface area contributed by atoms with Crippen molar-refractivity contribution >= 4 is 22.9 Å². The van der Waals surface area contributed by atoms with Gasteiger partial charge in [0.05, 0.1) is 0 Å². The van der Waals surface area contributed by atoms with Gasteiger partial charge in [-0.2, -0.15) is 0 Å². The summed E-state index contributed by atoms with van der Waals surface area (Å²) in [6.45, 7) is 0. The molecule has 0 saturated carbocycles. The average Bonchev–Trinajstić information content (AvgIpc) is 2.83. The molecule has 1 atom stereocenters. The second kappa shape index (κ2) is 6.20. The fourth-order valence-corrected chi connectivity index (χ4v) is 2.70. The van der Waals surface area contributed by atoms with Gasteiger partial charge in [0.2, 0.25) is 0 Å². The molecule has 17 heavy (non-hydrogen) atoms. The Morgan fingerprint density at radius 2 is 1.94 bits per heavy atom. The maximum absolute atomic E-state index is 6.14. The van der Waals surface area contributed by atoms with Crippen LogP contribution in [-0.2, 0) is 6.42 Å². The number of benzene rings is 1. The van der Waals surface area contributed by atoms with Crippen LogP contribution in [-0.4, -0.2) is 0 Å². The quantitative estimate of drug-likeness (QED) is 0.851. The number of aryl methyl sites for hydroxylation is 1. The van der Waals surface area contributed by atoms with Gasteiger partial charge in [-0.05, 0) is 48.4 Å². The van der Waals surface area contributed by atoms with E-state index in [-0.39, 0.29) is 6.04 Å². The van der Waals surface area contributed by atoms with Crippen LogP contribution in [0.1, 0.15) is 29.3 Å². The summed E-state index contributed by atoms with van der Waals surface area (Å²) in [5.41, 5.74) is 7.31. The number of hydrogen-bond donors (Lipinski definition) is 1. The Bertz CT molecular complexity index is 436. The molecule has 1 unspecified atom stereocenters. The number of thiophene rings is 1. The minimum Gasteiger partial charge on any atom is -0.324 e.